The molecule has 3 amide bonds. The topological polar surface area (TPSA) is 145 Å². The second-order valence-electron chi connectivity index (χ2n) is 11.4. The maximum absolute atomic E-state index is 15.3. The summed E-state index contributed by atoms with van der Waals surface area (Å²) in [6.07, 6.45) is 4.02. The summed E-state index contributed by atoms with van der Waals surface area (Å²) in [6, 6.07) is 12.7. The summed E-state index contributed by atoms with van der Waals surface area (Å²) in [6.45, 7) is 0.267. The highest BCUT2D eigenvalue weighted by Gasteiger charge is 2.38. The smallest absolute Gasteiger partial charge is 0.335 e. The van der Waals surface area contributed by atoms with Gasteiger partial charge in [0.1, 0.15) is 12.4 Å². The van der Waals surface area contributed by atoms with Crippen molar-refractivity contribution in [3.63, 3.8) is 0 Å². The summed E-state index contributed by atoms with van der Waals surface area (Å²) in [5.41, 5.74) is 2.52. The number of aromatic nitrogens is 4. The van der Waals surface area contributed by atoms with E-state index in [9.17, 15) is 24.3 Å². The summed E-state index contributed by atoms with van der Waals surface area (Å²) >= 11 is 6.06. The average Bonchev–Trinajstić information content (AvgIpc) is 3.61. The van der Waals surface area contributed by atoms with Crippen LogP contribution in [-0.4, -0.2) is 100 Å². The van der Waals surface area contributed by atoms with Crippen molar-refractivity contribution >= 4 is 52.7 Å². The minimum atomic E-state index is -1.14. The van der Waals surface area contributed by atoms with Gasteiger partial charge in [0.05, 0.1) is 22.8 Å². The standard InChI is InChI=1S/C33H32ClFN8O5/c1-39(2)18-29(45)41(4)26-7-5-6-23-22(26)16-17-42(31(23)32(46)40(3)21-10-8-20(9-11-21)33(47)48)28(44)15-12-24-27(43-19-36-37-38-43)14-13-25(34)30(24)35/h5-15,19,31H,16-18H2,1-4H3,(H,47,48)/b15-12+. The number of nitrogens with zero attached hydrogens (tertiary/aromatic N) is 8. The molecule has 4 aromatic rings. The van der Waals surface area contributed by atoms with Gasteiger partial charge >= 0.3 is 5.97 Å². The molecule has 0 saturated carbocycles. The van der Waals surface area contributed by atoms with Crippen molar-refractivity contribution in [2.75, 3.05) is 51.1 Å². The first kappa shape index (κ1) is 33.9. The van der Waals surface area contributed by atoms with Crippen LogP contribution in [0.15, 0.2) is 67.0 Å². The maximum Gasteiger partial charge on any atom is 0.335 e. The highest BCUT2D eigenvalue weighted by atomic mass is 35.5. The molecule has 1 aliphatic rings. The minimum Gasteiger partial charge on any atom is -0.478 e. The molecule has 15 heteroatoms. The number of benzene rings is 3. The van der Waals surface area contributed by atoms with Crippen molar-refractivity contribution in [1.82, 2.24) is 30.0 Å². The molecular formula is C33H32ClFN8O5. The molecule has 1 aromatic heterocycles. The number of fused-ring (bicyclic) bond motifs is 1. The monoisotopic (exact) mass is 674 g/mol. The number of tetrazole rings is 1. The second-order valence-corrected chi connectivity index (χ2v) is 11.8. The van der Waals surface area contributed by atoms with Crippen LogP contribution in [0.2, 0.25) is 5.02 Å². The number of carbonyl (C=O) groups excluding carboxylic acids is 3. The van der Waals surface area contributed by atoms with Crippen molar-refractivity contribution in [2.45, 2.75) is 12.5 Å². The van der Waals surface area contributed by atoms with Gasteiger partial charge in [-0.1, -0.05) is 23.7 Å². The molecule has 1 unspecified atom stereocenters. The van der Waals surface area contributed by atoms with E-state index in [2.05, 4.69) is 15.5 Å². The molecule has 1 aliphatic heterocycles. The Morgan fingerprint density at radius 3 is 2.40 bits per heavy atom. The van der Waals surface area contributed by atoms with Crippen LogP contribution >= 0.6 is 11.6 Å². The summed E-state index contributed by atoms with van der Waals surface area (Å²) in [5, 5.41) is 20.1. The highest BCUT2D eigenvalue weighted by molar-refractivity contribution is 6.31. The molecule has 0 saturated heterocycles. The predicted molar refractivity (Wildman–Crippen MR) is 177 cm³/mol. The van der Waals surface area contributed by atoms with Crippen LogP contribution in [0.1, 0.15) is 33.1 Å². The lowest BCUT2D eigenvalue weighted by atomic mass is 9.89. The Morgan fingerprint density at radius 2 is 1.75 bits per heavy atom. The third-order valence-corrected chi connectivity index (χ3v) is 8.32. The maximum atomic E-state index is 15.3. The molecule has 3 aromatic carbocycles. The van der Waals surface area contributed by atoms with E-state index in [1.54, 1.807) is 44.2 Å². The first-order valence-corrected chi connectivity index (χ1v) is 15.1. The number of likely N-dealkylation sites (N-methyl/N-ethyl adjacent to an activating group) is 3. The van der Waals surface area contributed by atoms with Gasteiger partial charge < -0.3 is 24.7 Å². The van der Waals surface area contributed by atoms with Crippen LogP contribution in [-0.2, 0) is 20.8 Å². The van der Waals surface area contributed by atoms with E-state index in [0.717, 1.165) is 11.6 Å². The zero-order valence-corrected chi connectivity index (χ0v) is 27.3. The number of hydrogen-bond donors (Lipinski definition) is 1. The molecule has 0 fully saturated rings. The van der Waals surface area contributed by atoms with Gasteiger partial charge in [0.15, 0.2) is 5.82 Å². The van der Waals surface area contributed by atoms with Crippen LogP contribution in [0.25, 0.3) is 11.8 Å². The molecule has 0 aliphatic carbocycles. The van der Waals surface area contributed by atoms with Gasteiger partial charge in [-0.15, -0.1) is 5.10 Å². The Balaban J connectivity index is 1.56. The molecule has 248 valence electrons. The first-order valence-electron chi connectivity index (χ1n) is 14.7. The number of anilines is 2. The van der Waals surface area contributed by atoms with Gasteiger partial charge in [-0.05, 0) is 90.6 Å². The Hall–Kier alpha value is -5.47. The fourth-order valence-corrected chi connectivity index (χ4v) is 5.72. The van der Waals surface area contributed by atoms with Crippen molar-refractivity contribution in [3.05, 3.63) is 100 Å². The SMILES string of the molecule is CN(C)CC(=O)N(C)c1cccc2c1CCN(C(=O)/C=C/c1c(-n3cnnn3)ccc(Cl)c1F)C2C(=O)N(C)c1ccc(C(=O)O)cc1. The summed E-state index contributed by atoms with van der Waals surface area (Å²) in [5.74, 6) is -3.12. The van der Waals surface area contributed by atoms with Crippen LogP contribution in [0.3, 0.4) is 0 Å². The van der Waals surface area contributed by atoms with Crippen molar-refractivity contribution in [3.8, 4) is 5.69 Å². The summed E-state index contributed by atoms with van der Waals surface area (Å²) in [7, 11) is 6.77. The largest absolute Gasteiger partial charge is 0.478 e. The molecule has 0 spiro atoms. The lowest BCUT2D eigenvalue weighted by Crippen LogP contribution is -2.48. The lowest BCUT2D eigenvalue weighted by molar-refractivity contribution is -0.136. The molecule has 1 atom stereocenters. The molecule has 5 rings (SSSR count). The second kappa shape index (κ2) is 14.1. The zero-order chi connectivity index (χ0) is 34.7. The van der Waals surface area contributed by atoms with E-state index in [4.69, 9.17) is 11.6 Å². The van der Waals surface area contributed by atoms with Crippen LogP contribution < -0.4 is 9.80 Å². The third kappa shape index (κ3) is 6.80. The van der Waals surface area contributed by atoms with Gasteiger partial charge in [-0.25, -0.2) is 9.18 Å². The van der Waals surface area contributed by atoms with E-state index in [0.29, 0.717) is 23.4 Å². The molecule has 1 N–H and O–H groups in total. The van der Waals surface area contributed by atoms with Crippen molar-refractivity contribution in [2.24, 2.45) is 0 Å². The normalized spacial score (nSPS) is 14.2. The Morgan fingerprint density at radius 1 is 1.02 bits per heavy atom. The lowest BCUT2D eigenvalue weighted by Gasteiger charge is -2.39. The van der Waals surface area contributed by atoms with Gasteiger partial charge in [-0.3, -0.25) is 14.4 Å². The van der Waals surface area contributed by atoms with E-state index >= 15 is 4.39 Å². The zero-order valence-electron chi connectivity index (χ0n) is 26.5. The summed E-state index contributed by atoms with van der Waals surface area (Å²) in [4.78, 5) is 58.7. The van der Waals surface area contributed by atoms with Gasteiger partial charge in [0, 0.05) is 43.7 Å². The number of halogens is 2. The van der Waals surface area contributed by atoms with Gasteiger partial charge in [0.2, 0.25) is 11.8 Å². The quantitative estimate of drug-likeness (QED) is 0.264. The van der Waals surface area contributed by atoms with E-state index in [1.807, 2.05) is 0 Å². The van der Waals surface area contributed by atoms with Crippen LogP contribution in [0.4, 0.5) is 15.8 Å². The number of carbonyl (C=O) groups is 4. The molecule has 0 bridgehead atoms. The number of carboxylic acids is 1. The fraction of sp³-hybridized carbons (Fsp3) is 0.242. The number of hydrogen-bond acceptors (Lipinski definition) is 8. The van der Waals surface area contributed by atoms with Crippen LogP contribution in [0, 0.1) is 5.82 Å². The van der Waals surface area contributed by atoms with Crippen molar-refractivity contribution < 1.29 is 28.7 Å². The molecule has 13 nitrogen and oxygen atoms in total. The van der Waals surface area contributed by atoms with Gasteiger partial charge in [-0.2, -0.15) is 4.68 Å². The van der Waals surface area contributed by atoms with Crippen molar-refractivity contribution in [1.29, 1.82) is 0 Å². The Labute approximate surface area is 280 Å². The summed E-state index contributed by atoms with van der Waals surface area (Å²) < 4.78 is 16.5. The Bertz CT molecular complexity index is 1900. The van der Waals surface area contributed by atoms with E-state index in [1.165, 1.54) is 75.2 Å². The van der Waals surface area contributed by atoms with E-state index < -0.39 is 29.6 Å². The third-order valence-electron chi connectivity index (χ3n) is 8.03. The Kier molecular flexibility index (Phi) is 9.96. The number of aromatic carboxylic acids is 1. The van der Waals surface area contributed by atoms with Crippen LogP contribution in [0.5, 0.6) is 0 Å². The predicted octanol–water partition coefficient (Wildman–Crippen LogP) is 3.48. The minimum absolute atomic E-state index is 0.0395. The number of amides is 3. The first-order chi connectivity index (χ1) is 22.9. The molecule has 48 heavy (non-hydrogen) atoms. The van der Waals surface area contributed by atoms with Gasteiger partial charge in [0.25, 0.3) is 5.91 Å². The molecule has 0 radical (unpaired) electrons. The fourth-order valence-electron chi connectivity index (χ4n) is 5.55. The number of rotatable bonds is 9. The molecular weight excluding hydrogens is 643 g/mol. The van der Waals surface area contributed by atoms with E-state index in [-0.39, 0.29) is 40.8 Å². The average molecular weight is 675 g/mol. The highest BCUT2D eigenvalue weighted by Crippen LogP contribution is 2.37. The number of carboxylic acid groups (broad SMARTS) is 1. The molecule has 2 heterocycles.